The third-order valence-electron chi connectivity index (χ3n) is 4.83. The van der Waals surface area contributed by atoms with Gasteiger partial charge >= 0.3 is 0 Å². The molecule has 1 unspecified atom stereocenters. The van der Waals surface area contributed by atoms with Gasteiger partial charge in [-0.1, -0.05) is 27.7 Å². The first-order valence-electron chi connectivity index (χ1n) is 8.04. The van der Waals surface area contributed by atoms with Crippen molar-refractivity contribution in [3.05, 3.63) is 0 Å². The highest BCUT2D eigenvalue weighted by molar-refractivity contribution is 7.90. The average Bonchev–Trinajstić information content (AvgIpc) is 2.32. The number of hydrogen-bond acceptors (Lipinski definition) is 3. The first-order chi connectivity index (χ1) is 9.13. The smallest absolute Gasteiger partial charge is 0.147 e. The van der Waals surface area contributed by atoms with Gasteiger partial charge in [-0.2, -0.15) is 0 Å². The van der Waals surface area contributed by atoms with Crippen LogP contribution in [0.2, 0.25) is 0 Å². The molecule has 0 amide bonds. The van der Waals surface area contributed by atoms with E-state index in [1.165, 1.54) is 31.9 Å². The quantitative estimate of drug-likeness (QED) is 0.819. The van der Waals surface area contributed by atoms with Crippen LogP contribution < -0.4 is 5.32 Å². The highest BCUT2D eigenvalue weighted by Crippen LogP contribution is 2.41. The van der Waals surface area contributed by atoms with Gasteiger partial charge in [-0.15, -0.1) is 0 Å². The maximum absolute atomic E-state index is 11.4. The molecule has 1 N–H and O–H groups in total. The molecule has 0 bridgehead atoms. The summed E-state index contributed by atoms with van der Waals surface area (Å²) in [4.78, 5) is 0. The summed E-state index contributed by atoms with van der Waals surface area (Å²) in [5.74, 6) is 1.77. The molecule has 0 radical (unpaired) electrons. The van der Waals surface area contributed by atoms with Crippen molar-refractivity contribution in [1.82, 2.24) is 5.32 Å². The lowest BCUT2D eigenvalue weighted by molar-refractivity contribution is 0.132. The fraction of sp³-hybridized carbons (Fsp3) is 1.00. The molecule has 1 aliphatic carbocycles. The van der Waals surface area contributed by atoms with Crippen molar-refractivity contribution in [2.45, 2.75) is 65.8 Å². The van der Waals surface area contributed by atoms with Crippen molar-refractivity contribution in [3.8, 4) is 0 Å². The van der Waals surface area contributed by atoms with Crippen molar-refractivity contribution in [2.24, 2.45) is 17.3 Å². The van der Waals surface area contributed by atoms with E-state index in [-0.39, 0.29) is 0 Å². The molecular weight excluding hydrogens is 270 g/mol. The van der Waals surface area contributed by atoms with Gasteiger partial charge in [0.1, 0.15) is 9.84 Å². The molecule has 1 rings (SSSR count). The minimum atomic E-state index is -2.85. The Morgan fingerprint density at radius 1 is 1.15 bits per heavy atom. The molecule has 0 heterocycles. The van der Waals surface area contributed by atoms with Crippen LogP contribution >= 0.6 is 0 Å². The number of nitrogens with one attached hydrogen (secondary N) is 1. The predicted octanol–water partition coefficient (Wildman–Crippen LogP) is 3.25. The van der Waals surface area contributed by atoms with Crippen molar-refractivity contribution in [2.75, 3.05) is 18.6 Å². The van der Waals surface area contributed by atoms with Crippen LogP contribution in [0.15, 0.2) is 0 Å². The summed E-state index contributed by atoms with van der Waals surface area (Å²) < 4.78 is 22.8. The number of rotatable bonds is 6. The van der Waals surface area contributed by atoms with E-state index in [1.807, 2.05) is 0 Å². The van der Waals surface area contributed by atoms with Crippen LogP contribution in [0.25, 0.3) is 0 Å². The molecule has 1 atom stereocenters. The lowest BCUT2D eigenvalue weighted by atomic mass is 9.68. The Morgan fingerprint density at radius 3 is 2.10 bits per heavy atom. The molecule has 0 aromatic carbocycles. The van der Waals surface area contributed by atoms with Gasteiger partial charge in [0, 0.05) is 12.3 Å². The third kappa shape index (κ3) is 6.13. The van der Waals surface area contributed by atoms with Crippen LogP contribution in [-0.4, -0.2) is 33.0 Å². The van der Waals surface area contributed by atoms with Crippen LogP contribution in [0.1, 0.15) is 59.8 Å². The van der Waals surface area contributed by atoms with E-state index in [2.05, 4.69) is 33.0 Å². The van der Waals surface area contributed by atoms with Crippen molar-refractivity contribution in [3.63, 3.8) is 0 Å². The van der Waals surface area contributed by atoms with E-state index in [0.717, 1.165) is 18.9 Å². The number of hydrogen-bond donors (Lipinski definition) is 1. The Balaban J connectivity index is 2.53. The van der Waals surface area contributed by atoms with Gasteiger partial charge in [-0.05, 0) is 55.9 Å². The van der Waals surface area contributed by atoms with Gasteiger partial charge in [0.25, 0.3) is 0 Å². The van der Waals surface area contributed by atoms with Crippen molar-refractivity contribution in [1.29, 1.82) is 0 Å². The highest BCUT2D eigenvalue weighted by Gasteiger charge is 2.32. The van der Waals surface area contributed by atoms with Crippen molar-refractivity contribution >= 4 is 9.84 Å². The van der Waals surface area contributed by atoms with E-state index in [0.29, 0.717) is 23.1 Å². The molecular formula is C16H33NO2S. The minimum Gasteiger partial charge on any atom is -0.314 e. The zero-order valence-electron chi connectivity index (χ0n) is 13.9. The predicted molar refractivity (Wildman–Crippen MR) is 86.7 cm³/mol. The second kappa shape index (κ2) is 7.26. The molecule has 1 saturated carbocycles. The van der Waals surface area contributed by atoms with Gasteiger partial charge in [0.05, 0.1) is 5.75 Å². The molecule has 120 valence electrons. The molecule has 0 aliphatic heterocycles. The second-order valence-electron chi connectivity index (χ2n) is 7.56. The first kappa shape index (κ1) is 18.0. The maximum Gasteiger partial charge on any atom is 0.147 e. The summed E-state index contributed by atoms with van der Waals surface area (Å²) in [6.45, 7) is 10.0. The SMILES string of the molecule is CCNC(CCS(C)(=O)=O)C1CCC(C(C)(C)C)CC1. The standard InChI is InChI=1S/C16H33NO2S/c1-6-17-15(11-12-20(5,18)19)13-7-9-14(10-8-13)16(2,3)4/h13-15,17H,6-12H2,1-5H3. The Bertz CT molecular complexity index is 376. The van der Waals surface area contributed by atoms with Crippen LogP contribution in [0, 0.1) is 17.3 Å². The van der Waals surface area contributed by atoms with E-state index >= 15 is 0 Å². The summed E-state index contributed by atoms with van der Waals surface area (Å²) in [5, 5.41) is 3.51. The van der Waals surface area contributed by atoms with E-state index in [1.54, 1.807) is 0 Å². The van der Waals surface area contributed by atoms with Crippen molar-refractivity contribution < 1.29 is 8.42 Å². The van der Waals surface area contributed by atoms with Crippen LogP contribution in [0.5, 0.6) is 0 Å². The van der Waals surface area contributed by atoms with Gasteiger partial charge in [-0.25, -0.2) is 8.42 Å². The molecule has 1 fully saturated rings. The van der Waals surface area contributed by atoms with E-state index in [9.17, 15) is 8.42 Å². The second-order valence-corrected chi connectivity index (χ2v) is 9.82. The molecule has 0 aromatic rings. The molecule has 0 spiro atoms. The Kier molecular flexibility index (Phi) is 6.52. The summed E-state index contributed by atoms with van der Waals surface area (Å²) >= 11 is 0. The minimum absolute atomic E-state index is 0.309. The Labute approximate surface area is 125 Å². The maximum atomic E-state index is 11.4. The molecule has 20 heavy (non-hydrogen) atoms. The van der Waals surface area contributed by atoms with Gasteiger partial charge < -0.3 is 5.32 Å². The molecule has 1 aliphatic rings. The van der Waals surface area contributed by atoms with E-state index in [4.69, 9.17) is 0 Å². The Morgan fingerprint density at radius 2 is 1.70 bits per heavy atom. The summed E-state index contributed by atoms with van der Waals surface area (Å²) in [6, 6.07) is 0.371. The monoisotopic (exact) mass is 303 g/mol. The number of sulfone groups is 1. The highest BCUT2D eigenvalue weighted by atomic mass is 32.2. The zero-order valence-corrected chi connectivity index (χ0v) is 14.7. The molecule has 4 heteroatoms. The zero-order chi connectivity index (χ0) is 15.4. The van der Waals surface area contributed by atoms with Crippen LogP contribution in [-0.2, 0) is 9.84 Å². The summed E-state index contributed by atoms with van der Waals surface area (Å²) in [5.41, 5.74) is 0.408. The summed E-state index contributed by atoms with van der Waals surface area (Å²) in [6.07, 6.45) is 7.15. The van der Waals surface area contributed by atoms with Gasteiger partial charge in [0.2, 0.25) is 0 Å². The van der Waals surface area contributed by atoms with Crippen LogP contribution in [0.3, 0.4) is 0 Å². The fourth-order valence-corrected chi connectivity index (χ4v) is 4.18. The normalized spacial score (nSPS) is 26.4. The largest absolute Gasteiger partial charge is 0.314 e. The topological polar surface area (TPSA) is 46.2 Å². The molecule has 0 aromatic heterocycles. The fourth-order valence-electron chi connectivity index (χ4n) is 3.50. The Hall–Kier alpha value is -0.0900. The third-order valence-corrected chi connectivity index (χ3v) is 5.81. The van der Waals surface area contributed by atoms with Crippen LogP contribution in [0.4, 0.5) is 0 Å². The van der Waals surface area contributed by atoms with Gasteiger partial charge in [0.15, 0.2) is 0 Å². The first-order valence-corrected chi connectivity index (χ1v) is 10.1. The lowest BCUT2D eigenvalue weighted by Gasteiger charge is -2.39. The molecule has 3 nitrogen and oxygen atoms in total. The average molecular weight is 304 g/mol. The van der Waals surface area contributed by atoms with Gasteiger partial charge in [-0.3, -0.25) is 0 Å². The summed E-state index contributed by atoms with van der Waals surface area (Å²) in [7, 11) is -2.85. The lowest BCUT2D eigenvalue weighted by Crippen LogP contribution is -2.40. The molecule has 0 saturated heterocycles. The van der Waals surface area contributed by atoms with E-state index < -0.39 is 9.84 Å².